The summed E-state index contributed by atoms with van der Waals surface area (Å²) < 4.78 is 38.6. The summed E-state index contributed by atoms with van der Waals surface area (Å²) in [5, 5.41) is 10.5. The largest absolute Gasteiger partial charge is 0.423 e. The number of anilines is 1. The fourth-order valence-electron chi connectivity index (χ4n) is 3.30. The minimum atomic E-state index is -3.76. The molecule has 9 nitrogen and oxygen atoms in total. The number of nitrogens with zero attached hydrogens (tertiary/aromatic N) is 3. The molecule has 2 aliphatic rings. The molecule has 0 unspecified atom stereocenters. The number of benzene rings is 1. The number of hydrogen-bond donors (Lipinski definition) is 1. The topological polar surface area (TPSA) is 115 Å². The van der Waals surface area contributed by atoms with Crippen molar-refractivity contribution in [3.8, 4) is 0 Å². The van der Waals surface area contributed by atoms with Crippen LogP contribution >= 0.6 is 0 Å². The van der Waals surface area contributed by atoms with Gasteiger partial charge in [-0.15, -0.1) is 10.2 Å². The molecule has 1 atom stereocenters. The predicted octanol–water partition coefficient (Wildman–Crippen LogP) is 1.37. The van der Waals surface area contributed by atoms with Crippen LogP contribution in [0.3, 0.4) is 0 Å². The van der Waals surface area contributed by atoms with E-state index in [1.807, 2.05) is 0 Å². The molecule has 1 fully saturated rings. The maximum Gasteiger partial charge on any atom is 0.246 e. The van der Waals surface area contributed by atoms with E-state index < -0.39 is 21.5 Å². The number of hydrogen-bond acceptors (Lipinski definition) is 7. The minimum Gasteiger partial charge on any atom is -0.423 e. The molecule has 1 aromatic heterocycles. The van der Waals surface area contributed by atoms with Crippen LogP contribution in [0.15, 0.2) is 27.5 Å². The van der Waals surface area contributed by atoms with Crippen molar-refractivity contribution < 1.29 is 22.4 Å². The van der Waals surface area contributed by atoms with Gasteiger partial charge in [-0.25, -0.2) is 8.42 Å². The van der Waals surface area contributed by atoms with Crippen molar-refractivity contribution in [2.45, 2.75) is 37.2 Å². The number of carbonyl (C=O) groups excluding carboxylic acids is 1. The van der Waals surface area contributed by atoms with Gasteiger partial charge in [-0.2, -0.15) is 4.31 Å². The highest BCUT2D eigenvalue weighted by atomic mass is 32.2. The average molecular weight is 392 g/mol. The van der Waals surface area contributed by atoms with E-state index in [1.165, 1.54) is 10.4 Å². The number of sulfonamides is 1. The fourth-order valence-corrected chi connectivity index (χ4v) is 4.75. The molecule has 144 valence electrons. The first-order valence-corrected chi connectivity index (χ1v) is 10.0. The van der Waals surface area contributed by atoms with E-state index in [2.05, 4.69) is 15.5 Å². The molecule has 0 bridgehead atoms. The Morgan fingerprint density at radius 1 is 1.30 bits per heavy atom. The van der Waals surface area contributed by atoms with E-state index >= 15 is 0 Å². The van der Waals surface area contributed by atoms with Gasteiger partial charge in [0.25, 0.3) is 0 Å². The van der Waals surface area contributed by atoms with E-state index in [0.29, 0.717) is 17.1 Å². The third kappa shape index (κ3) is 2.93. The zero-order valence-electron chi connectivity index (χ0n) is 15.2. The van der Waals surface area contributed by atoms with Crippen LogP contribution in [0.1, 0.15) is 37.3 Å². The Balaban J connectivity index is 1.64. The second-order valence-corrected chi connectivity index (χ2v) is 9.11. The number of aryl methyl sites for hydroxylation is 1. The Kier molecular flexibility index (Phi) is 4.09. The van der Waals surface area contributed by atoms with E-state index in [0.717, 1.165) is 0 Å². The lowest BCUT2D eigenvalue weighted by Crippen LogP contribution is -2.42. The van der Waals surface area contributed by atoms with Gasteiger partial charge < -0.3 is 14.5 Å². The number of morpholine rings is 1. The summed E-state index contributed by atoms with van der Waals surface area (Å²) in [6.45, 7) is 5.74. The maximum absolute atomic E-state index is 13.2. The SMILES string of the molecule is Cc1nnc([C@H]2CN(S(=O)(=O)c3ccc4c(c3)C(C)(C)C(=O)N4)CCO2)o1. The summed E-state index contributed by atoms with van der Waals surface area (Å²) in [5.74, 6) is 0.508. The highest BCUT2D eigenvalue weighted by Gasteiger charge is 2.40. The van der Waals surface area contributed by atoms with Gasteiger partial charge in [-0.1, -0.05) is 0 Å². The molecule has 2 aliphatic heterocycles. The lowest BCUT2D eigenvalue weighted by molar-refractivity contribution is -0.119. The average Bonchev–Trinajstić information content (AvgIpc) is 3.16. The van der Waals surface area contributed by atoms with Crippen LogP contribution in [0, 0.1) is 6.92 Å². The van der Waals surface area contributed by atoms with Crippen LogP contribution < -0.4 is 5.32 Å². The van der Waals surface area contributed by atoms with E-state index in [1.54, 1.807) is 32.9 Å². The zero-order chi connectivity index (χ0) is 19.4. The Bertz CT molecular complexity index is 1010. The molecule has 1 aromatic carbocycles. The van der Waals surface area contributed by atoms with Crippen molar-refractivity contribution in [3.05, 3.63) is 35.5 Å². The highest BCUT2D eigenvalue weighted by molar-refractivity contribution is 7.89. The summed E-state index contributed by atoms with van der Waals surface area (Å²) >= 11 is 0. The standard InChI is InChI=1S/C17H20N4O5S/c1-10-19-20-15(26-10)14-9-21(6-7-25-14)27(23,24)11-4-5-13-12(8-11)17(2,3)16(22)18-13/h4-5,8,14H,6-7,9H2,1-3H3,(H,18,22)/t14-/m1/s1. The Hall–Kier alpha value is -2.30. The van der Waals surface area contributed by atoms with Crippen LogP contribution in [-0.4, -0.2) is 48.5 Å². The number of aromatic nitrogens is 2. The van der Waals surface area contributed by atoms with Crippen LogP contribution in [0.25, 0.3) is 0 Å². The Labute approximate surface area is 156 Å². The van der Waals surface area contributed by atoms with Gasteiger partial charge in [-0.05, 0) is 37.6 Å². The van der Waals surface area contributed by atoms with Crippen molar-refractivity contribution >= 4 is 21.6 Å². The molecule has 10 heteroatoms. The molecule has 1 N–H and O–H groups in total. The summed E-state index contributed by atoms with van der Waals surface area (Å²) in [6, 6.07) is 4.72. The Morgan fingerprint density at radius 3 is 2.78 bits per heavy atom. The quantitative estimate of drug-likeness (QED) is 0.839. The van der Waals surface area contributed by atoms with Gasteiger partial charge in [0.1, 0.15) is 6.10 Å². The first-order chi connectivity index (χ1) is 12.7. The van der Waals surface area contributed by atoms with Gasteiger partial charge in [-0.3, -0.25) is 4.79 Å². The second-order valence-electron chi connectivity index (χ2n) is 7.17. The summed E-state index contributed by atoms with van der Waals surface area (Å²) in [5.41, 5.74) is 0.534. The number of fused-ring (bicyclic) bond motifs is 1. The highest BCUT2D eigenvalue weighted by Crippen LogP contribution is 2.39. The number of nitrogens with one attached hydrogen (secondary N) is 1. The van der Waals surface area contributed by atoms with Gasteiger partial charge in [0.2, 0.25) is 27.7 Å². The molecule has 27 heavy (non-hydrogen) atoms. The van der Waals surface area contributed by atoms with Crippen molar-refractivity contribution in [3.63, 3.8) is 0 Å². The van der Waals surface area contributed by atoms with E-state index in [-0.39, 0.29) is 36.4 Å². The third-order valence-corrected chi connectivity index (χ3v) is 6.83. The minimum absolute atomic E-state index is 0.0849. The smallest absolute Gasteiger partial charge is 0.246 e. The molecule has 0 aliphatic carbocycles. The van der Waals surface area contributed by atoms with Gasteiger partial charge in [0.15, 0.2) is 0 Å². The molecule has 3 heterocycles. The molecule has 1 saturated heterocycles. The van der Waals surface area contributed by atoms with Gasteiger partial charge in [0, 0.05) is 25.7 Å². The predicted molar refractivity (Wildman–Crippen MR) is 94.6 cm³/mol. The molecule has 0 saturated carbocycles. The Morgan fingerprint density at radius 2 is 2.07 bits per heavy atom. The lowest BCUT2D eigenvalue weighted by Gasteiger charge is -2.30. The molecule has 0 radical (unpaired) electrons. The normalized spacial score (nSPS) is 22.5. The zero-order valence-corrected chi connectivity index (χ0v) is 16.0. The molecule has 1 amide bonds. The van der Waals surface area contributed by atoms with Gasteiger partial charge in [0.05, 0.1) is 16.9 Å². The fraction of sp³-hybridized carbons (Fsp3) is 0.471. The summed E-state index contributed by atoms with van der Waals surface area (Å²) in [6.07, 6.45) is -0.608. The van der Waals surface area contributed by atoms with Crippen LogP contribution in [0.2, 0.25) is 0 Å². The van der Waals surface area contributed by atoms with E-state index in [4.69, 9.17) is 9.15 Å². The van der Waals surface area contributed by atoms with E-state index in [9.17, 15) is 13.2 Å². The molecular formula is C17H20N4O5S. The number of amides is 1. The molecule has 0 spiro atoms. The van der Waals surface area contributed by atoms with Crippen molar-refractivity contribution in [2.75, 3.05) is 25.0 Å². The second kappa shape index (κ2) is 6.11. The monoisotopic (exact) mass is 392 g/mol. The summed E-state index contributed by atoms with van der Waals surface area (Å²) in [4.78, 5) is 12.3. The molecular weight excluding hydrogens is 372 g/mol. The van der Waals surface area contributed by atoms with Crippen molar-refractivity contribution in [2.24, 2.45) is 0 Å². The molecule has 2 aromatic rings. The first-order valence-electron chi connectivity index (χ1n) is 8.57. The van der Waals surface area contributed by atoms with Crippen molar-refractivity contribution in [1.29, 1.82) is 0 Å². The third-order valence-electron chi connectivity index (χ3n) is 4.96. The van der Waals surface area contributed by atoms with Crippen molar-refractivity contribution in [1.82, 2.24) is 14.5 Å². The van der Waals surface area contributed by atoms with Crippen LogP contribution in [0.5, 0.6) is 0 Å². The first kappa shape index (κ1) is 18.1. The number of rotatable bonds is 3. The van der Waals surface area contributed by atoms with Crippen LogP contribution in [-0.2, 0) is 25.0 Å². The lowest BCUT2D eigenvalue weighted by atomic mass is 9.86. The number of ether oxygens (including phenoxy) is 1. The summed E-state index contributed by atoms with van der Waals surface area (Å²) in [7, 11) is -3.76. The van der Waals surface area contributed by atoms with Gasteiger partial charge >= 0.3 is 0 Å². The molecule has 4 rings (SSSR count). The van der Waals surface area contributed by atoms with Crippen LogP contribution in [0.4, 0.5) is 5.69 Å². The number of carbonyl (C=O) groups is 1. The maximum atomic E-state index is 13.2.